The third-order valence-electron chi connectivity index (χ3n) is 5.92. The summed E-state index contributed by atoms with van der Waals surface area (Å²) in [4.78, 5) is 39.0. The molecule has 0 radical (unpaired) electrons. The van der Waals surface area contributed by atoms with Gasteiger partial charge in [-0.1, -0.05) is 0 Å². The highest BCUT2D eigenvalue weighted by molar-refractivity contribution is 5.94. The van der Waals surface area contributed by atoms with Crippen LogP contribution >= 0.6 is 0 Å². The molecule has 0 aliphatic heterocycles. The average Bonchev–Trinajstić information content (AvgIpc) is 3.41. The summed E-state index contributed by atoms with van der Waals surface area (Å²) in [6.45, 7) is 3.73. The summed E-state index contributed by atoms with van der Waals surface area (Å²) in [5.74, 6) is -0.878. The first-order chi connectivity index (χ1) is 17.2. The fourth-order valence-corrected chi connectivity index (χ4v) is 4.21. The molecule has 36 heavy (non-hydrogen) atoms. The molecule has 0 saturated heterocycles. The third kappa shape index (κ3) is 3.74. The number of nitrogens with one attached hydrogen (secondary N) is 2. The Hall–Kier alpha value is -4.67. The Morgan fingerprint density at radius 3 is 2.61 bits per heavy atom. The molecular formula is C25H25FN8O2. The van der Waals surface area contributed by atoms with Crippen LogP contribution in [0, 0.1) is 5.82 Å². The van der Waals surface area contributed by atoms with Gasteiger partial charge in [0.1, 0.15) is 11.3 Å². The lowest BCUT2D eigenvalue weighted by Crippen LogP contribution is -2.24. The van der Waals surface area contributed by atoms with Crippen LogP contribution in [0.15, 0.2) is 53.5 Å². The number of carbonyl (C=O) groups excluding carboxylic acids is 1. The molecule has 1 amide bonds. The maximum atomic E-state index is 14.8. The van der Waals surface area contributed by atoms with E-state index in [1.54, 1.807) is 14.1 Å². The minimum absolute atomic E-state index is 0.0261. The van der Waals surface area contributed by atoms with Crippen LogP contribution in [0.25, 0.3) is 27.8 Å². The lowest BCUT2D eigenvalue weighted by Gasteiger charge is -2.12. The standard InChI is InChI=1S/C25H25FN8O2/c1-13(2)33-22-20(34(25(33)36)16-6-8-18-14(11-16)9-10-28-18)21(27)30-24(31-22)29-19-7-5-15(12-17(19)26)23(35)32(3)4/h5-13,28H,1-4H3,(H3,27,29,30,31). The van der Waals surface area contributed by atoms with Gasteiger partial charge in [0.2, 0.25) is 5.95 Å². The van der Waals surface area contributed by atoms with Crippen LogP contribution in [-0.4, -0.2) is 49.0 Å². The Bertz CT molecular complexity index is 1700. The van der Waals surface area contributed by atoms with Gasteiger partial charge in [-0.05, 0) is 56.3 Å². The number of aromatic nitrogens is 5. The predicted molar refractivity (Wildman–Crippen MR) is 137 cm³/mol. The van der Waals surface area contributed by atoms with E-state index in [9.17, 15) is 14.0 Å². The van der Waals surface area contributed by atoms with Crippen molar-refractivity contribution in [3.8, 4) is 5.69 Å². The highest BCUT2D eigenvalue weighted by atomic mass is 19.1. The van der Waals surface area contributed by atoms with E-state index in [-0.39, 0.29) is 40.7 Å². The van der Waals surface area contributed by atoms with Crippen LogP contribution in [0.5, 0.6) is 0 Å². The number of H-pyrrole nitrogens is 1. The molecule has 11 heteroatoms. The highest BCUT2D eigenvalue weighted by Gasteiger charge is 2.23. The van der Waals surface area contributed by atoms with Crippen LogP contribution < -0.4 is 16.7 Å². The number of imidazole rings is 1. The van der Waals surface area contributed by atoms with Crippen molar-refractivity contribution in [2.75, 3.05) is 25.1 Å². The van der Waals surface area contributed by atoms with Gasteiger partial charge in [0.25, 0.3) is 5.91 Å². The minimum Gasteiger partial charge on any atom is -0.382 e. The summed E-state index contributed by atoms with van der Waals surface area (Å²) < 4.78 is 17.8. The van der Waals surface area contributed by atoms with Gasteiger partial charge in [-0.2, -0.15) is 9.97 Å². The summed E-state index contributed by atoms with van der Waals surface area (Å²) in [7, 11) is 3.18. The molecule has 0 bridgehead atoms. The first-order valence-corrected chi connectivity index (χ1v) is 11.3. The van der Waals surface area contributed by atoms with Crippen molar-refractivity contribution in [3.05, 3.63) is 70.5 Å². The molecule has 0 spiro atoms. The Balaban J connectivity index is 1.63. The van der Waals surface area contributed by atoms with Crippen molar-refractivity contribution in [3.63, 3.8) is 0 Å². The highest BCUT2D eigenvalue weighted by Crippen LogP contribution is 2.28. The molecule has 0 atom stereocenters. The zero-order chi connectivity index (χ0) is 25.7. The van der Waals surface area contributed by atoms with E-state index in [1.807, 2.05) is 44.3 Å². The molecule has 184 valence electrons. The molecule has 0 aliphatic rings. The number of anilines is 3. The van der Waals surface area contributed by atoms with Crippen LogP contribution in [0.2, 0.25) is 0 Å². The van der Waals surface area contributed by atoms with Crippen LogP contribution in [0.1, 0.15) is 30.2 Å². The summed E-state index contributed by atoms with van der Waals surface area (Å²) in [5, 5.41) is 3.76. The second kappa shape index (κ2) is 8.52. The zero-order valence-corrected chi connectivity index (χ0v) is 20.2. The fraction of sp³-hybridized carbons (Fsp3) is 0.200. The summed E-state index contributed by atoms with van der Waals surface area (Å²) in [6, 6.07) is 11.4. The smallest absolute Gasteiger partial charge is 0.335 e. The molecule has 3 aromatic heterocycles. The molecule has 5 aromatic rings. The molecule has 4 N–H and O–H groups in total. The van der Waals surface area contributed by atoms with Crippen LogP contribution in [0.4, 0.5) is 21.8 Å². The van der Waals surface area contributed by atoms with Crippen molar-refractivity contribution in [1.29, 1.82) is 0 Å². The number of hydrogen-bond donors (Lipinski definition) is 3. The van der Waals surface area contributed by atoms with Crippen LogP contribution in [-0.2, 0) is 0 Å². The number of nitrogens with two attached hydrogens (primary N) is 1. The van der Waals surface area contributed by atoms with Gasteiger partial charge >= 0.3 is 5.69 Å². The van der Waals surface area contributed by atoms with Crippen molar-refractivity contribution in [1.82, 2.24) is 29.0 Å². The van der Waals surface area contributed by atoms with Gasteiger partial charge in [0.05, 0.1) is 11.4 Å². The zero-order valence-electron chi connectivity index (χ0n) is 20.2. The second-order valence-corrected chi connectivity index (χ2v) is 8.95. The van der Waals surface area contributed by atoms with Crippen molar-refractivity contribution >= 4 is 45.4 Å². The van der Waals surface area contributed by atoms with Gasteiger partial charge in [-0.25, -0.2) is 9.18 Å². The molecule has 0 aliphatic carbocycles. The number of halogens is 1. The Morgan fingerprint density at radius 1 is 1.14 bits per heavy atom. The van der Waals surface area contributed by atoms with E-state index in [0.717, 1.165) is 17.0 Å². The van der Waals surface area contributed by atoms with Gasteiger partial charge in [-0.3, -0.25) is 13.9 Å². The van der Waals surface area contributed by atoms with Gasteiger partial charge in [-0.15, -0.1) is 0 Å². The number of rotatable bonds is 5. The first kappa shape index (κ1) is 23.1. The summed E-state index contributed by atoms with van der Waals surface area (Å²) in [5.41, 5.74) is 8.56. The van der Waals surface area contributed by atoms with E-state index >= 15 is 0 Å². The lowest BCUT2D eigenvalue weighted by atomic mass is 10.2. The Morgan fingerprint density at radius 2 is 1.92 bits per heavy atom. The van der Waals surface area contributed by atoms with Crippen molar-refractivity contribution in [2.24, 2.45) is 0 Å². The van der Waals surface area contributed by atoms with Crippen molar-refractivity contribution < 1.29 is 9.18 Å². The normalized spacial score (nSPS) is 11.5. The SMILES string of the molecule is CC(C)n1c(=O)n(-c2ccc3[nH]ccc3c2)c2c(N)nc(Nc3ccc(C(=O)N(C)C)cc3F)nc21. The number of benzene rings is 2. The fourth-order valence-electron chi connectivity index (χ4n) is 4.21. The molecule has 3 heterocycles. The monoisotopic (exact) mass is 488 g/mol. The predicted octanol–water partition coefficient (Wildman–Crippen LogP) is 3.81. The number of fused-ring (bicyclic) bond motifs is 2. The molecule has 0 saturated carbocycles. The first-order valence-electron chi connectivity index (χ1n) is 11.3. The molecule has 5 rings (SSSR count). The maximum absolute atomic E-state index is 14.8. The summed E-state index contributed by atoms with van der Waals surface area (Å²) >= 11 is 0. The number of nitrogens with zero attached hydrogens (tertiary/aromatic N) is 5. The second-order valence-electron chi connectivity index (χ2n) is 8.95. The molecule has 10 nitrogen and oxygen atoms in total. The number of amides is 1. The molecule has 0 fully saturated rings. The quantitative estimate of drug-likeness (QED) is 0.345. The molecule has 2 aromatic carbocycles. The molecular weight excluding hydrogens is 463 g/mol. The topological polar surface area (TPSA) is 127 Å². The Labute approximate surface area is 205 Å². The van der Waals surface area contributed by atoms with E-state index in [4.69, 9.17) is 5.73 Å². The number of hydrogen-bond acceptors (Lipinski definition) is 6. The summed E-state index contributed by atoms with van der Waals surface area (Å²) in [6.07, 6.45) is 1.83. The van der Waals surface area contributed by atoms with Crippen LogP contribution in [0.3, 0.4) is 0 Å². The number of nitrogen functional groups attached to an aromatic ring is 1. The number of carbonyl (C=O) groups is 1. The van der Waals surface area contributed by atoms with Crippen molar-refractivity contribution in [2.45, 2.75) is 19.9 Å². The van der Waals surface area contributed by atoms with Gasteiger partial charge < -0.3 is 20.9 Å². The average molecular weight is 489 g/mol. The minimum atomic E-state index is -0.649. The van der Waals surface area contributed by atoms with Gasteiger partial charge in [0.15, 0.2) is 11.5 Å². The maximum Gasteiger partial charge on any atom is 0.335 e. The lowest BCUT2D eigenvalue weighted by molar-refractivity contribution is 0.0827. The van der Waals surface area contributed by atoms with Gasteiger partial charge in [0, 0.05) is 42.8 Å². The van der Waals surface area contributed by atoms with E-state index in [2.05, 4.69) is 20.3 Å². The third-order valence-corrected chi connectivity index (χ3v) is 5.92. The largest absolute Gasteiger partial charge is 0.382 e. The van der Waals surface area contributed by atoms with E-state index in [0.29, 0.717) is 16.9 Å². The Kier molecular flexibility index (Phi) is 5.47. The van der Waals surface area contributed by atoms with E-state index in [1.165, 1.54) is 26.2 Å². The number of aromatic amines is 1. The molecule has 0 unspecified atom stereocenters. The van der Waals surface area contributed by atoms with E-state index < -0.39 is 5.82 Å².